The molecule has 9 heteroatoms. The van der Waals surface area contributed by atoms with Crippen LogP contribution in [0.15, 0.2) is 100 Å². The minimum Gasteiger partial charge on any atom is -0.497 e. The number of hydrogen-bond acceptors (Lipinski definition) is 7. The lowest BCUT2D eigenvalue weighted by Gasteiger charge is -2.25. The maximum Gasteiger partial charge on any atom is 0.338 e. The van der Waals surface area contributed by atoms with Gasteiger partial charge in [-0.05, 0) is 55.3 Å². The summed E-state index contributed by atoms with van der Waals surface area (Å²) in [5.41, 5.74) is 4.69. The van der Waals surface area contributed by atoms with Gasteiger partial charge in [0.05, 0.1) is 47.2 Å². The first kappa shape index (κ1) is 27.9. The molecule has 1 aliphatic heterocycles. The summed E-state index contributed by atoms with van der Waals surface area (Å²) < 4.78 is 15.0. The summed E-state index contributed by atoms with van der Waals surface area (Å²) in [6.45, 7) is 4.23. The lowest BCUT2D eigenvalue weighted by molar-refractivity contribution is -0.139. The van der Waals surface area contributed by atoms with E-state index in [4.69, 9.17) is 9.47 Å². The highest BCUT2D eigenvalue weighted by atomic mass is 32.1. The van der Waals surface area contributed by atoms with Gasteiger partial charge >= 0.3 is 5.97 Å². The van der Waals surface area contributed by atoms with Gasteiger partial charge in [-0.1, -0.05) is 59.9 Å². The van der Waals surface area contributed by atoms with Crippen LogP contribution in [0, 0.1) is 11.3 Å². The van der Waals surface area contributed by atoms with Crippen LogP contribution in [0.5, 0.6) is 5.75 Å². The van der Waals surface area contributed by atoms with Crippen LogP contribution in [0.3, 0.4) is 0 Å². The maximum absolute atomic E-state index is 14.1. The maximum atomic E-state index is 14.1. The van der Waals surface area contributed by atoms with Crippen molar-refractivity contribution in [3.63, 3.8) is 0 Å². The molecule has 3 aromatic carbocycles. The Balaban J connectivity index is 1.52. The normalized spacial score (nSPS) is 14.7. The van der Waals surface area contributed by atoms with Gasteiger partial charge < -0.3 is 14.0 Å². The third kappa shape index (κ3) is 5.07. The second-order valence-corrected chi connectivity index (χ2v) is 11.1. The number of benzene rings is 3. The van der Waals surface area contributed by atoms with Crippen molar-refractivity contribution in [1.29, 1.82) is 5.26 Å². The van der Waals surface area contributed by atoms with Crippen LogP contribution in [0.2, 0.25) is 0 Å². The van der Waals surface area contributed by atoms with Crippen molar-refractivity contribution in [1.82, 2.24) is 9.13 Å². The molecule has 0 saturated carbocycles. The van der Waals surface area contributed by atoms with Crippen molar-refractivity contribution in [2.45, 2.75) is 26.4 Å². The fourth-order valence-corrected chi connectivity index (χ4v) is 6.57. The predicted octanol–water partition coefficient (Wildman–Crippen LogP) is 4.68. The third-order valence-electron chi connectivity index (χ3n) is 7.51. The zero-order chi connectivity index (χ0) is 30.1. The number of aromatic nitrogens is 2. The summed E-state index contributed by atoms with van der Waals surface area (Å²) in [4.78, 5) is 32.5. The lowest BCUT2D eigenvalue weighted by Crippen LogP contribution is -2.39. The van der Waals surface area contributed by atoms with Gasteiger partial charge in [0, 0.05) is 29.2 Å². The van der Waals surface area contributed by atoms with Gasteiger partial charge in [-0.2, -0.15) is 5.26 Å². The van der Waals surface area contributed by atoms with Crippen molar-refractivity contribution in [3.8, 4) is 11.8 Å². The van der Waals surface area contributed by atoms with Crippen molar-refractivity contribution in [2.24, 2.45) is 4.99 Å². The van der Waals surface area contributed by atoms with E-state index < -0.39 is 12.0 Å². The van der Waals surface area contributed by atoms with Crippen molar-refractivity contribution >= 4 is 34.3 Å². The molecule has 0 bridgehead atoms. The molecule has 214 valence electrons. The van der Waals surface area contributed by atoms with E-state index in [1.54, 1.807) is 25.5 Å². The lowest BCUT2D eigenvalue weighted by atomic mass is 9.95. The van der Waals surface area contributed by atoms with Gasteiger partial charge in [0.2, 0.25) is 0 Å². The molecule has 0 unspecified atom stereocenters. The second kappa shape index (κ2) is 11.6. The molecule has 6 rings (SSSR count). The van der Waals surface area contributed by atoms with Gasteiger partial charge in [0.15, 0.2) is 4.80 Å². The van der Waals surface area contributed by atoms with E-state index in [0.29, 0.717) is 38.5 Å². The van der Waals surface area contributed by atoms with Gasteiger partial charge in [-0.3, -0.25) is 9.36 Å². The van der Waals surface area contributed by atoms with Crippen LogP contribution >= 0.6 is 11.3 Å². The molecule has 8 nitrogen and oxygen atoms in total. The van der Waals surface area contributed by atoms with Gasteiger partial charge in [-0.15, -0.1) is 0 Å². The quantitative estimate of drug-likeness (QED) is 0.257. The van der Waals surface area contributed by atoms with Crippen LogP contribution in [0.25, 0.3) is 17.0 Å². The Hall–Kier alpha value is -5.20. The fraction of sp³-hybridized carbons (Fsp3) is 0.176. The zero-order valence-corrected chi connectivity index (χ0v) is 24.7. The van der Waals surface area contributed by atoms with Crippen molar-refractivity contribution in [2.75, 3.05) is 13.7 Å². The number of rotatable bonds is 7. The summed E-state index contributed by atoms with van der Waals surface area (Å²) in [5.74, 6) is 0.106. The van der Waals surface area contributed by atoms with Crippen molar-refractivity contribution in [3.05, 3.63) is 132 Å². The predicted molar refractivity (Wildman–Crippen MR) is 166 cm³/mol. The van der Waals surface area contributed by atoms with Gasteiger partial charge in [0.1, 0.15) is 5.75 Å². The summed E-state index contributed by atoms with van der Waals surface area (Å²) in [7, 11) is 1.58. The third-order valence-corrected chi connectivity index (χ3v) is 8.49. The Kier molecular flexibility index (Phi) is 7.53. The number of esters is 1. The van der Waals surface area contributed by atoms with E-state index in [0.717, 1.165) is 27.6 Å². The SMILES string of the molecule is CCOC(=O)C1=C(C)N=c2s/c(=C/c3cn(Cc4ccccc4C#N)c4ccccc34)c(=O)n2[C@@H]1c1cccc(OC)c1. The first-order chi connectivity index (χ1) is 20.9. The summed E-state index contributed by atoms with van der Waals surface area (Å²) in [6, 6.07) is 24.4. The van der Waals surface area contributed by atoms with Crippen LogP contribution in [0.4, 0.5) is 0 Å². The van der Waals surface area contributed by atoms with E-state index in [9.17, 15) is 14.9 Å². The largest absolute Gasteiger partial charge is 0.497 e. The molecule has 0 radical (unpaired) electrons. The molecule has 0 spiro atoms. The highest BCUT2D eigenvalue weighted by molar-refractivity contribution is 7.07. The number of methoxy groups -OCH3 is 1. The standard InChI is InChI=1S/C34H28N4O4S/c1-4-42-33(40)30-21(2)36-34-38(31(30)22-12-9-13-26(16-22)41-3)32(39)29(43-34)17-25-20-37(28-15-8-7-14-27(25)28)19-24-11-6-5-10-23(24)18-35/h5-17,20,31H,4,19H2,1-3H3/b29-17+/t31-/m1/s1. The number of allylic oxidation sites excluding steroid dienone is 1. The fourth-order valence-electron chi connectivity index (χ4n) is 5.53. The van der Waals surface area contributed by atoms with Crippen LogP contribution in [-0.2, 0) is 16.1 Å². The van der Waals surface area contributed by atoms with E-state index >= 15 is 0 Å². The Morgan fingerprint density at radius 3 is 2.70 bits per heavy atom. The summed E-state index contributed by atoms with van der Waals surface area (Å²) >= 11 is 1.28. The van der Waals surface area contributed by atoms with Gasteiger partial charge in [0.25, 0.3) is 5.56 Å². The number of ether oxygens (including phenoxy) is 2. The molecular weight excluding hydrogens is 560 g/mol. The Labute approximate surface area is 251 Å². The number of nitriles is 1. The Bertz CT molecular complexity index is 2150. The number of carbonyl (C=O) groups is 1. The Morgan fingerprint density at radius 1 is 1.12 bits per heavy atom. The first-order valence-electron chi connectivity index (χ1n) is 13.8. The number of para-hydroxylation sites is 1. The number of fused-ring (bicyclic) bond motifs is 2. The number of hydrogen-bond donors (Lipinski definition) is 0. The zero-order valence-electron chi connectivity index (χ0n) is 23.9. The van der Waals surface area contributed by atoms with E-state index in [2.05, 4.69) is 15.6 Å². The number of carbonyl (C=O) groups excluding carboxylic acids is 1. The molecule has 1 atom stereocenters. The molecule has 0 N–H and O–H groups in total. The second-order valence-electron chi connectivity index (χ2n) is 10.1. The average molecular weight is 589 g/mol. The van der Waals surface area contributed by atoms with E-state index in [-0.39, 0.29) is 12.2 Å². The van der Waals surface area contributed by atoms with Crippen LogP contribution in [0.1, 0.15) is 42.1 Å². The van der Waals surface area contributed by atoms with E-state index in [1.165, 1.54) is 11.3 Å². The molecule has 0 amide bonds. The molecule has 5 aromatic rings. The van der Waals surface area contributed by atoms with Gasteiger partial charge in [-0.25, -0.2) is 9.79 Å². The minimum atomic E-state index is -0.726. The topological polar surface area (TPSA) is 98.6 Å². The monoisotopic (exact) mass is 588 g/mol. The molecule has 3 heterocycles. The molecule has 43 heavy (non-hydrogen) atoms. The Morgan fingerprint density at radius 2 is 1.91 bits per heavy atom. The molecule has 0 fully saturated rings. The number of nitrogens with zero attached hydrogens (tertiary/aromatic N) is 4. The molecular formula is C34H28N4O4S. The molecule has 1 aliphatic rings. The van der Waals surface area contributed by atoms with Crippen molar-refractivity contribution < 1.29 is 14.3 Å². The molecule has 2 aromatic heterocycles. The molecule has 0 saturated heterocycles. The highest BCUT2D eigenvalue weighted by Crippen LogP contribution is 2.32. The molecule has 0 aliphatic carbocycles. The highest BCUT2D eigenvalue weighted by Gasteiger charge is 2.33. The van der Waals surface area contributed by atoms with Crippen LogP contribution < -0.4 is 19.6 Å². The first-order valence-corrected chi connectivity index (χ1v) is 14.6. The van der Waals surface area contributed by atoms with E-state index in [1.807, 2.05) is 85.1 Å². The number of thiazole rings is 1. The van der Waals surface area contributed by atoms with Crippen LogP contribution in [-0.4, -0.2) is 28.8 Å². The summed E-state index contributed by atoms with van der Waals surface area (Å²) in [6.07, 6.45) is 3.89. The smallest absolute Gasteiger partial charge is 0.338 e. The minimum absolute atomic E-state index is 0.202. The summed E-state index contributed by atoms with van der Waals surface area (Å²) in [5, 5.41) is 10.6. The average Bonchev–Trinajstić information content (AvgIpc) is 3.52.